The van der Waals surface area contributed by atoms with Crippen molar-refractivity contribution in [3.8, 4) is 27.9 Å². The van der Waals surface area contributed by atoms with Crippen LogP contribution in [0.5, 0.6) is 0 Å². The fraction of sp³-hybridized carbons (Fsp3) is 0.140. The third-order valence-corrected chi connectivity index (χ3v) is 14.4. The number of allylic oxidation sites excluding steroid dienone is 5. The molecule has 312 valence electrons. The second-order valence-electron chi connectivity index (χ2n) is 16.1. The smallest absolute Gasteiger partial charge is 0.154 e. The summed E-state index contributed by atoms with van der Waals surface area (Å²) in [5.41, 5.74) is 15.5. The number of fused-ring (bicyclic) bond motifs is 6. The van der Waals surface area contributed by atoms with Gasteiger partial charge >= 0.3 is 0 Å². The molecule has 0 atom stereocenters. The van der Waals surface area contributed by atoms with Crippen molar-refractivity contribution >= 4 is 65.8 Å². The predicted molar refractivity (Wildman–Crippen MR) is 277 cm³/mol. The molecule has 0 amide bonds. The quantitative estimate of drug-likeness (QED) is 0.0740. The fourth-order valence-electron chi connectivity index (χ4n) is 8.79. The molecule has 6 heteroatoms. The van der Waals surface area contributed by atoms with Gasteiger partial charge in [-0.15, -0.1) is 0 Å². The van der Waals surface area contributed by atoms with Crippen LogP contribution in [-0.2, 0) is 12.0 Å². The summed E-state index contributed by atoms with van der Waals surface area (Å²) in [7, 11) is 0. The standard InChI is InChI=1S/C41H34N2S2.C16H18N2/c1-6-29-32-21-27(16-18-36(32)43(35(29)7-2)28-12-10-11-25(19-28)24-42-5)26-15-17-33-30(20-26)31-22-39-40(23-34(31)41(33,3)4)45-38-14-9-8-13-37(38)44-39;1-4-9-14(10-5-2)13-18-16(17-3)15-11-7-6-8-12-15/h6-7,10-23H,1-2,5,8-9,24H2,3-4H3;4-12H,1,3,13H2,2H3/b;10-5-,14-9+,18-16?. The van der Waals surface area contributed by atoms with Crippen molar-refractivity contribution in [1.29, 1.82) is 0 Å². The van der Waals surface area contributed by atoms with E-state index in [1.165, 1.54) is 53.0 Å². The zero-order chi connectivity index (χ0) is 44.1. The summed E-state index contributed by atoms with van der Waals surface area (Å²) in [6.45, 7) is 27.2. The Morgan fingerprint density at radius 2 is 1.48 bits per heavy atom. The van der Waals surface area contributed by atoms with Gasteiger partial charge in [-0.3, -0.25) is 9.98 Å². The first-order valence-corrected chi connectivity index (χ1v) is 22.9. The molecule has 0 unspecified atom stereocenters. The molecule has 5 aromatic carbocycles. The third kappa shape index (κ3) is 8.54. The minimum atomic E-state index is -0.0494. The van der Waals surface area contributed by atoms with Crippen LogP contribution in [0.2, 0.25) is 0 Å². The fourth-order valence-corrected chi connectivity index (χ4v) is 11.2. The number of hydrogen-bond donors (Lipinski definition) is 0. The van der Waals surface area contributed by atoms with Gasteiger partial charge < -0.3 is 4.57 Å². The van der Waals surface area contributed by atoms with Gasteiger partial charge in [-0.1, -0.05) is 160 Å². The van der Waals surface area contributed by atoms with E-state index in [9.17, 15) is 0 Å². The van der Waals surface area contributed by atoms with Gasteiger partial charge in [0, 0.05) is 47.2 Å². The van der Waals surface area contributed by atoms with Crippen LogP contribution in [0.3, 0.4) is 0 Å². The third-order valence-electron chi connectivity index (χ3n) is 11.8. The first kappa shape index (κ1) is 43.2. The summed E-state index contributed by atoms with van der Waals surface area (Å²) in [5.74, 6) is 0.662. The molecule has 4 nitrogen and oxygen atoms in total. The van der Waals surface area contributed by atoms with E-state index in [4.69, 9.17) is 0 Å². The number of hydrogen-bond acceptors (Lipinski definition) is 4. The average molecular weight is 857 g/mol. The van der Waals surface area contributed by atoms with Crippen LogP contribution < -0.4 is 0 Å². The Balaban J connectivity index is 0.000000256. The number of nitrogens with zero attached hydrogens (tertiary/aromatic N) is 4. The Kier molecular flexibility index (Phi) is 12.9. The van der Waals surface area contributed by atoms with E-state index < -0.39 is 0 Å². The minimum Gasteiger partial charge on any atom is -0.309 e. The minimum absolute atomic E-state index is 0.0494. The lowest BCUT2D eigenvalue weighted by molar-refractivity contribution is 0.658. The first-order chi connectivity index (χ1) is 30.7. The first-order valence-electron chi connectivity index (χ1n) is 21.3. The normalized spacial score (nSPS) is 14.9. The average Bonchev–Trinajstić information content (AvgIpc) is 3.75. The maximum absolute atomic E-state index is 4.47. The number of aliphatic imine (C=N–C) groups is 3. The Labute approximate surface area is 381 Å². The highest BCUT2D eigenvalue weighted by Gasteiger charge is 2.37. The Bertz CT molecular complexity index is 2970. The molecular formula is C57H52N4S2. The van der Waals surface area contributed by atoms with Crippen LogP contribution in [0.4, 0.5) is 0 Å². The van der Waals surface area contributed by atoms with E-state index in [2.05, 4.69) is 152 Å². The molecule has 3 aliphatic rings. The highest BCUT2D eigenvalue weighted by molar-refractivity contribution is 8.11. The maximum Gasteiger partial charge on any atom is 0.154 e. The second kappa shape index (κ2) is 18.9. The van der Waals surface area contributed by atoms with Gasteiger partial charge in [0.2, 0.25) is 0 Å². The van der Waals surface area contributed by atoms with Crippen molar-refractivity contribution in [2.75, 3.05) is 6.54 Å². The van der Waals surface area contributed by atoms with Gasteiger partial charge in [0.1, 0.15) is 0 Å². The van der Waals surface area contributed by atoms with Crippen LogP contribution in [0.1, 0.15) is 67.1 Å². The van der Waals surface area contributed by atoms with Crippen LogP contribution in [0.15, 0.2) is 199 Å². The molecule has 0 spiro atoms. The van der Waals surface area contributed by atoms with Crippen molar-refractivity contribution in [2.24, 2.45) is 15.0 Å². The lowest BCUT2D eigenvalue weighted by Crippen LogP contribution is -2.15. The van der Waals surface area contributed by atoms with Crippen LogP contribution in [0, 0.1) is 0 Å². The molecule has 63 heavy (non-hydrogen) atoms. The number of amidine groups is 1. The molecule has 1 aliphatic heterocycles. The van der Waals surface area contributed by atoms with Gasteiger partial charge in [0.25, 0.3) is 0 Å². The van der Waals surface area contributed by atoms with E-state index in [-0.39, 0.29) is 5.41 Å². The SMILES string of the molecule is C=C/C=C(\C=C/C)CN=C(N=C)c1ccccc1.C=Cc1c(C=C)n(-c2cccc(CN=C)c2)c2ccc(-c3ccc4c(c3)-c3cc5c(cc3C4(C)C)SC3=CCCC=C3S5)cc12. The summed E-state index contributed by atoms with van der Waals surface area (Å²) in [4.78, 5) is 18.2. The van der Waals surface area contributed by atoms with Gasteiger partial charge in [-0.25, -0.2) is 4.99 Å². The Morgan fingerprint density at radius 1 is 0.762 bits per heavy atom. The second-order valence-corrected chi connectivity index (χ2v) is 18.3. The van der Waals surface area contributed by atoms with Crippen molar-refractivity contribution in [3.63, 3.8) is 0 Å². The molecule has 0 saturated carbocycles. The molecule has 0 bridgehead atoms. The molecule has 6 aromatic rings. The van der Waals surface area contributed by atoms with Gasteiger partial charge in [-0.2, -0.15) is 0 Å². The summed E-state index contributed by atoms with van der Waals surface area (Å²) in [6, 6.07) is 37.1. The highest BCUT2D eigenvalue weighted by Crippen LogP contribution is 2.57. The number of thioether (sulfide) groups is 2. The zero-order valence-electron chi connectivity index (χ0n) is 36.4. The van der Waals surface area contributed by atoms with Crippen LogP contribution in [0.25, 0.3) is 51.0 Å². The topological polar surface area (TPSA) is 42.0 Å². The maximum atomic E-state index is 4.47. The molecular weight excluding hydrogens is 805 g/mol. The van der Waals surface area contributed by atoms with Gasteiger partial charge in [0.05, 0.1) is 24.3 Å². The largest absolute Gasteiger partial charge is 0.309 e. The van der Waals surface area contributed by atoms with Crippen molar-refractivity contribution in [3.05, 3.63) is 208 Å². The van der Waals surface area contributed by atoms with E-state index >= 15 is 0 Å². The summed E-state index contributed by atoms with van der Waals surface area (Å²) < 4.78 is 2.28. The molecule has 2 heterocycles. The zero-order valence-corrected chi connectivity index (χ0v) is 38.0. The van der Waals surface area contributed by atoms with Crippen molar-refractivity contribution < 1.29 is 0 Å². The molecule has 0 radical (unpaired) electrons. The Hall–Kier alpha value is -6.47. The summed E-state index contributed by atoms with van der Waals surface area (Å²) in [5, 5.41) is 1.16. The van der Waals surface area contributed by atoms with Crippen LogP contribution >= 0.6 is 23.5 Å². The van der Waals surface area contributed by atoms with Crippen LogP contribution in [-0.4, -0.2) is 30.4 Å². The van der Waals surface area contributed by atoms with E-state index in [0.717, 1.165) is 57.4 Å². The van der Waals surface area contributed by atoms with Crippen molar-refractivity contribution in [1.82, 2.24) is 4.57 Å². The van der Waals surface area contributed by atoms with Gasteiger partial charge in [0.15, 0.2) is 5.84 Å². The van der Waals surface area contributed by atoms with E-state index in [1.54, 1.807) is 6.08 Å². The van der Waals surface area contributed by atoms with Crippen molar-refractivity contribution in [2.45, 2.75) is 55.4 Å². The molecule has 0 saturated heterocycles. The molecule has 2 aliphatic carbocycles. The van der Waals surface area contributed by atoms with Gasteiger partial charge in [-0.05, 0) is 126 Å². The number of aromatic nitrogens is 1. The van der Waals surface area contributed by atoms with E-state index in [0.29, 0.717) is 18.9 Å². The van der Waals surface area contributed by atoms with E-state index in [1.807, 2.05) is 91.2 Å². The predicted octanol–water partition coefficient (Wildman–Crippen LogP) is 15.7. The Morgan fingerprint density at radius 3 is 2.16 bits per heavy atom. The summed E-state index contributed by atoms with van der Waals surface area (Å²) in [6.07, 6.45) is 18.7. The number of benzene rings is 5. The number of rotatable bonds is 11. The molecule has 1 aromatic heterocycles. The lowest BCUT2D eigenvalue weighted by Gasteiger charge is -2.26. The highest BCUT2D eigenvalue weighted by atomic mass is 32.2. The lowest BCUT2D eigenvalue weighted by atomic mass is 9.82. The molecule has 0 N–H and O–H groups in total. The molecule has 0 fully saturated rings. The summed E-state index contributed by atoms with van der Waals surface area (Å²) >= 11 is 3.88. The monoisotopic (exact) mass is 856 g/mol. The molecule has 9 rings (SSSR count).